The van der Waals surface area contributed by atoms with E-state index in [4.69, 9.17) is 16.6 Å². The van der Waals surface area contributed by atoms with Gasteiger partial charge in [-0.15, -0.1) is 0 Å². The number of pyridine rings is 1. The molecule has 0 radical (unpaired) electrons. The minimum atomic E-state index is -0.0478. The van der Waals surface area contributed by atoms with Crippen molar-refractivity contribution in [3.8, 4) is 5.69 Å². The second kappa shape index (κ2) is 8.04. The van der Waals surface area contributed by atoms with Crippen molar-refractivity contribution in [2.75, 3.05) is 0 Å². The number of hydrogen-bond donors (Lipinski definition) is 1. The summed E-state index contributed by atoms with van der Waals surface area (Å²) in [6, 6.07) is 22.6. The number of para-hydroxylation sites is 1. The predicted octanol–water partition coefficient (Wildman–Crippen LogP) is 5.25. The average Bonchev–Trinajstić information content (AvgIpc) is 3.49. The van der Waals surface area contributed by atoms with Gasteiger partial charge in [0, 0.05) is 23.3 Å². The van der Waals surface area contributed by atoms with E-state index in [2.05, 4.69) is 70.0 Å². The van der Waals surface area contributed by atoms with E-state index >= 15 is 0 Å². The summed E-state index contributed by atoms with van der Waals surface area (Å²) in [7, 11) is 0. The van der Waals surface area contributed by atoms with Gasteiger partial charge >= 0.3 is 0 Å². The van der Waals surface area contributed by atoms with Crippen molar-refractivity contribution in [1.82, 2.24) is 19.8 Å². The molecule has 0 aliphatic carbocycles. The summed E-state index contributed by atoms with van der Waals surface area (Å²) >= 11 is 5.78. The maximum atomic E-state index is 5.78. The van der Waals surface area contributed by atoms with Gasteiger partial charge in [0.1, 0.15) is 5.76 Å². The molecule has 0 unspecified atom stereocenters. The first-order chi connectivity index (χ1) is 15.1. The van der Waals surface area contributed by atoms with Crippen LogP contribution >= 0.6 is 12.2 Å². The highest BCUT2D eigenvalue weighted by molar-refractivity contribution is 7.80. The molecule has 6 heteroatoms. The lowest BCUT2D eigenvalue weighted by Gasteiger charge is -2.27. The molecule has 156 valence electrons. The van der Waals surface area contributed by atoms with Crippen LogP contribution in [-0.4, -0.2) is 19.6 Å². The molecule has 5 nitrogen and oxygen atoms in total. The van der Waals surface area contributed by atoms with Crippen molar-refractivity contribution in [1.29, 1.82) is 0 Å². The Morgan fingerprint density at radius 3 is 2.55 bits per heavy atom. The molecule has 1 N–H and O–H groups in total. The zero-order valence-electron chi connectivity index (χ0n) is 17.5. The average molecular weight is 429 g/mol. The lowest BCUT2D eigenvalue weighted by atomic mass is 9.96. The first-order valence-corrected chi connectivity index (χ1v) is 10.8. The Bertz CT molecular complexity index is 1190. The van der Waals surface area contributed by atoms with Crippen molar-refractivity contribution in [3.05, 3.63) is 108 Å². The van der Waals surface area contributed by atoms with E-state index in [1.54, 1.807) is 6.26 Å². The van der Waals surface area contributed by atoms with Crippen LogP contribution in [0.4, 0.5) is 0 Å². The predicted molar refractivity (Wildman–Crippen MR) is 125 cm³/mol. The Labute approximate surface area is 187 Å². The Hall–Kier alpha value is -3.38. The molecule has 4 heterocycles. The van der Waals surface area contributed by atoms with E-state index in [9.17, 15) is 0 Å². The van der Waals surface area contributed by atoms with Crippen LogP contribution in [0.2, 0.25) is 0 Å². The third-order valence-electron chi connectivity index (χ3n) is 5.91. The molecular formula is C25H24N4OS. The third kappa shape index (κ3) is 3.53. The van der Waals surface area contributed by atoms with Gasteiger partial charge in [0.15, 0.2) is 5.11 Å². The third-order valence-corrected chi connectivity index (χ3v) is 6.26. The highest BCUT2D eigenvalue weighted by Crippen LogP contribution is 2.42. The molecule has 0 bridgehead atoms. The quantitative estimate of drug-likeness (QED) is 0.440. The first-order valence-electron chi connectivity index (χ1n) is 10.4. The van der Waals surface area contributed by atoms with Gasteiger partial charge in [0.2, 0.25) is 0 Å². The van der Waals surface area contributed by atoms with Gasteiger partial charge < -0.3 is 19.2 Å². The number of aryl methyl sites for hydroxylation is 1. The first kappa shape index (κ1) is 19.6. The lowest BCUT2D eigenvalue weighted by Crippen LogP contribution is -2.29. The smallest absolute Gasteiger partial charge is 0.170 e. The van der Waals surface area contributed by atoms with E-state index in [1.807, 2.05) is 36.5 Å². The Morgan fingerprint density at radius 1 is 1.03 bits per heavy atom. The fourth-order valence-corrected chi connectivity index (χ4v) is 4.85. The van der Waals surface area contributed by atoms with Crippen LogP contribution in [0, 0.1) is 13.8 Å². The molecule has 4 aromatic rings. The number of rotatable bonds is 5. The summed E-state index contributed by atoms with van der Waals surface area (Å²) in [6.07, 6.45) is 3.54. The van der Waals surface area contributed by atoms with Gasteiger partial charge in [-0.25, -0.2) is 0 Å². The number of thiocarbonyl (C=S) groups is 1. The number of benzene rings is 1. The summed E-state index contributed by atoms with van der Waals surface area (Å²) < 4.78 is 7.95. The molecule has 5 rings (SSSR count). The Balaban J connectivity index is 1.62. The van der Waals surface area contributed by atoms with Gasteiger partial charge in [0.05, 0.1) is 30.6 Å². The molecule has 1 aromatic carbocycles. The van der Waals surface area contributed by atoms with Gasteiger partial charge in [-0.2, -0.15) is 0 Å². The van der Waals surface area contributed by atoms with Gasteiger partial charge in [-0.05, 0) is 74.1 Å². The van der Waals surface area contributed by atoms with Crippen molar-refractivity contribution < 1.29 is 4.42 Å². The molecule has 2 atom stereocenters. The van der Waals surface area contributed by atoms with Crippen LogP contribution in [0.3, 0.4) is 0 Å². The largest absolute Gasteiger partial charge is 0.467 e. The monoisotopic (exact) mass is 428 g/mol. The van der Waals surface area contributed by atoms with Crippen LogP contribution in [-0.2, 0) is 6.54 Å². The maximum absolute atomic E-state index is 5.78. The van der Waals surface area contributed by atoms with Crippen molar-refractivity contribution >= 4 is 17.3 Å². The standard InChI is InChI=1S/C25H24N4OS/c1-17-15-21(18(2)29(17)19-9-4-3-5-10-19)24-23(22-12-6-7-13-26-22)27-25(31)28(24)16-20-11-8-14-30-20/h3-15,23-24H,16H2,1-2H3,(H,27,31)/t23-,24-/m1/s1. The maximum Gasteiger partial charge on any atom is 0.170 e. The summed E-state index contributed by atoms with van der Waals surface area (Å²) in [4.78, 5) is 6.85. The van der Waals surface area contributed by atoms with E-state index in [0.717, 1.165) is 17.1 Å². The summed E-state index contributed by atoms with van der Waals surface area (Å²) in [5.74, 6) is 0.882. The van der Waals surface area contributed by atoms with E-state index in [0.29, 0.717) is 11.7 Å². The van der Waals surface area contributed by atoms with E-state index in [-0.39, 0.29) is 12.1 Å². The molecular weight excluding hydrogens is 404 g/mol. The summed E-state index contributed by atoms with van der Waals surface area (Å²) in [5.41, 5.74) is 5.75. The Morgan fingerprint density at radius 2 is 1.84 bits per heavy atom. The molecule has 0 amide bonds. The lowest BCUT2D eigenvalue weighted by molar-refractivity contribution is 0.286. The second-order valence-electron chi connectivity index (χ2n) is 7.83. The fraction of sp³-hybridized carbons (Fsp3) is 0.200. The number of nitrogens with zero attached hydrogens (tertiary/aromatic N) is 3. The normalized spacial score (nSPS) is 18.4. The zero-order chi connectivity index (χ0) is 21.4. The number of furan rings is 1. The van der Waals surface area contributed by atoms with Crippen LogP contribution in [0.5, 0.6) is 0 Å². The highest BCUT2D eigenvalue weighted by atomic mass is 32.1. The highest BCUT2D eigenvalue weighted by Gasteiger charge is 2.41. The minimum absolute atomic E-state index is 0.00355. The van der Waals surface area contributed by atoms with E-state index < -0.39 is 0 Å². The molecule has 0 saturated carbocycles. The fourth-order valence-electron chi connectivity index (χ4n) is 4.55. The van der Waals surface area contributed by atoms with Crippen molar-refractivity contribution in [2.24, 2.45) is 0 Å². The SMILES string of the molecule is Cc1cc([C@@H]2[C@@H](c3ccccn3)NC(=S)N2Cc2ccco2)c(C)n1-c1ccccc1. The number of nitrogens with one attached hydrogen (secondary N) is 1. The number of hydrogen-bond acceptors (Lipinski definition) is 3. The number of aromatic nitrogens is 2. The molecule has 1 fully saturated rings. The van der Waals surface area contributed by atoms with Crippen LogP contribution < -0.4 is 5.32 Å². The van der Waals surface area contributed by atoms with Crippen LogP contribution in [0.25, 0.3) is 5.69 Å². The molecule has 1 aliphatic heterocycles. The van der Waals surface area contributed by atoms with Crippen molar-refractivity contribution in [3.63, 3.8) is 0 Å². The van der Waals surface area contributed by atoms with Gasteiger partial charge in [-0.3, -0.25) is 4.98 Å². The van der Waals surface area contributed by atoms with E-state index in [1.165, 1.54) is 17.0 Å². The van der Waals surface area contributed by atoms with Gasteiger partial charge in [-0.1, -0.05) is 24.3 Å². The van der Waals surface area contributed by atoms with Crippen LogP contribution in [0.1, 0.15) is 40.5 Å². The second-order valence-corrected chi connectivity index (χ2v) is 8.22. The molecule has 0 spiro atoms. The Kier molecular flexibility index (Phi) is 5.08. The minimum Gasteiger partial charge on any atom is -0.467 e. The topological polar surface area (TPSA) is 46.2 Å². The van der Waals surface area contributed by atoms with Crippen molar-refractivity contribution in [2.45, 2.75) is 32.5 Å². The van der Waals surface area contributed by atoms with Crippen LogP contribution in [0.15, 0.2) is 83.6 Å². The molecule has 1 aliphatic rings. The van der Waals surface area contributed by atoms with Gasteiger partial charge in [0.25, 0.3) is 0 Å². The zero-order valence-corrected chi connectivity index (χ0v) is 18.3. The molecule has 1 saturated heterocycles. The molecule has 3 aromatic heterocycles. The summed E-state index contributed by atoms with van der Waals surface area (Å²) in [6.45, 7) is 4.93. The molecule has 31 heavy (non-hydrogen) atoms. The summed E-state index contributed by atoms with van der Waals surface area (Å²) in [5, 5.41) is 4.23.